The Kier molecular flexibility index (Phi) is 7.08. The van der Waals surface area contributed by atoms with Gasteiger partial charge in [0.05, 0.1) is 5.75 Å². The molecule has 0 radical (unpaired) electrons. The number of thioether (sulfide) groups is 1. The van der Waals surface area contributed by atoms with Crippen molar-refractivity contribution in [2.75, 3.05) is 25.9 Å². The van der Waals surface area contributed by atoms with Crippen molar-refractivity contribution in [3.05, 3.63) is 0 Å². The van der Waals surface area contributed by atoms with Crippen LogP contribution in [0.5, 0.6) is 0 Å². The molecule has 0 saturated carbocycles. The highest BCUT2D eigenvalue weighted by atomic mass is 32.2. The van der Waals surface area contributed by atoms with Gasteiger partial charge in [-0.05, 0) is 45.2 Å². The second-order valence-corrected chi connectivity index (χ2v) is 7.03. The van der Waals surface area contributed by atoms with Gasteiger partial charge in [0.2, 0.25) is 5.91 Å². The summed E-state index contributed by atoms with van der Waals surface area (Å²) in [5.74, 6) is 1.57. The van der Waals surface area contributed by atoms with Crippen molar-refractivity contribution >= 4 is 17.7 Å². The Morgan fingerprint density at radius 1 is 1.33 bits per heavy atom. The van der Waals surface area contributed by atoms with Crippen LogP contribution >= 0.6 is 11.8 Å². The third-order valence-corrected chi connectivity index (χ3v) is 4.95. The molecule has 1 fully saturated rings. The SMILES string of the molecule is CC(C)CC(C)N(C)C(=O)CSC1CCNCC1. The van der Waals surface area contributed by atoms with Crippen molar-refractivity contribution in [1.29, 1.82) is 0 Å². The van der Waals surface area contributed by atoms with Crippen LogP contribution < -0.4 is 5.32 Å². The summed E-state index contributed by atoms with van der Waals surface area (Å²) in [6.45, 7) is 8.77. The maximum absolute atomic E-state index is 12.1. The smallest absolute Gasteiger partial charge is 0.232 e. The van der Waals surface area contributed by atoms with Gasteiger partial charge in [0.1, 0.15) is 0 Å². The molecule has 1 atom stereocenters. The molecule has 4 heteroatoms. The number of hydrogen-bond acceptors (Lipinski definition) is 3. The van der Waals surface area contributed by atoms with E-state index in [0.717, 1.165) is 19.5 Å². The summed E-state index contributed by atoms with van der Waals surface area (Å²) in [5, 5.41) is 4.03. The van der Waals surface area contributed by atoms with Crippen LogP contribution in [0.25, 0.3) is 0 Å². The molecule has 1 N–H and O–H groups in total. The minimum absolute atomic E-state index is 0.284. The van der Waals surface area contributed by atoms with Gasteiger partial charge < -0.3 is 10.2 Å². The molecular weight excluding hydrogens is 244 g/mol. The first-order valence-corrected chi connectivity index (χ1v) is 8.13. The van der Waals surface area contributed by atoms with E-state index in [1.165, 1.54) is 12.8 Å². The van der Waals surface area contributed by atoms with Gasteiger partial charge in [0.15, 0.2) is 0 Å². The van der Waals surface area contributed by atoms with Crippen molar-refractivity contribution in [3.63, 3.8) is 0 Å². The average molecular weight is 272 g/mol. The first-order chi connectivity index (χ1) is 8.50. The van der Waals surface area contributed by atoms with E-state index in [0.29, 0.717) is 23.0 Å². The molecule has 0 aromatic carbocycles. The summed E-state index contributed by atoms with van der Waals surface area (Å²) in [5.41, 5.74) is 0. The Morgan fingerprint density at radius 2 is 1.94 bits per heavy atom. The van der Waals surface area contributed by atoms with Gasteiger partial charge in [0, 0.05) is 18.3 Å². The fourth-order valence-electron chi connectivity index (χ4n) is 2.34. The first-order valence-electron chi connectivity index (χ1n) is 7.08. The lowest BCUT2D eigenvalue weighted by atomic mass is 10.0. The molecule has 1 amide bonds. The van der Waals surface area contributed by atoms with Gasteiger partial charge in [0.25, 0.3) is 0 Å². The van der Waals surface area contributed by atoms with E-state index < -0.39 is 0 Å². The summed E-state index contributed by atoms with van der Waals surface area (Å²) in [7, 11) is 1.94. The zero-order chi connectivity index (χ0) is 13.5. The molecular formula is C14H28N2OS. The molecule has 0 spiro atoms. The Morgan fingerprint density at radius 3 is 2.50 bits per heavy atom. The molecule has 0 bridgehead atoms. The Balaban J connectivity index is 2.26. The number of carbonyl (C=O) groups is 1. The third kappa shape index (κ3) is 5.61. The monoisotopic (exact) mass is 272 g/mol. The van der Waals surface area contributed by atoms with Crippen LogP contribution in [0.3, 0.4) is 0 Å². The van der Waals surface area contributed by atoms with Crippen LogP contribution in [0, 0.1) is 5.92 Å². The lowest BCUT2D eigenvalue weighted by Gasteiger charge is -2.28. The zero-order valence-electron chi connectivity index (χ0n) is 12.2. The summed E-state index contributed by atoms with van der Waals surface area (Å²) in [4.78, 5) is 14.0. The molecule has 0 aliphatic carbocycles. The minimum atomic E-state index is 0.284. The average Bonchev–Trinajstić information content (AvgIpc) is 2.35. The van der Waals surface area contributed by atoms with Crippen molar-refractivity contribution in [3.8, 4) is 0 Å². The number of hydrogen-bond donors (Lipinski definition) is 1. The molecule has 1 aliphatic heterocycles. The topological polar surface area (TPSA) is 32.3 Å². The maximum atomic E-state index is 12.1. The van der Waals surface area contributed by atoms with Crippen LogP contribution in [0.2, 0.25) is 0 Å². The van der Waals surface area contributed by atoms with E-state index in [1.807, 2.05) is 23.7 Å². The molecule has 1 heterocycles. The predicted octanol–water partition coefficient (Wildman–Crippen LogP) is 2.36. The number of rotatable bonds is 6. The van der Waals surface area contributed by atoms with E-state index in [4.69, 9.17) is 0 Å². The highest BCUT2D eigenvalue weighted by molar-refractivity contribution is 8.00. The second-order valence-electron chi connectivity index (χ2n) is 5.74. The van der Waals surface area contributed by atoms with E-state index in [9.17, 15) is 4.79 Å². The fraction of sp³-hybridized carbons (Fsp3) is 0.929. The van der Waals surface area contributed by atoms with Crippen LogP contribution in [0.15, 0.2) is 0 Å². The molecule has 1 rings (SSSR count). The lowest BCUT2D eigenvalue weighted by molar-refractivity contribution is -0.129. The normalized spacial score (nSPS) is 18.9. The number of nitrogens with one attached hydrogen (secondary N) is 1. The van der Waals surface area contributed by atoms with Gasteiger partial charge in [-0.2, -0.15) is 0 Å². The van der Waals surface area contributed by atoms with Gasteiger partial charge in [-0.25, -0.2) is 0 Å². The fourth-order valence-corrected chi connectivity index (χ4v) is 3.49. The lowest BCUT2D eigenvalue weighted by Crippen LogP contribution is -2.38. The van der Waals surface area contributed by atoms with Gasteiger partial charge in [-0.1, -0.05) is 13.8 Å². The summed E-state index contributed by atoms with van der Waals surface area (Å²) in [6.07, 6.45) is 3.48. The summed E-state index contributed by atoms with van der Waals surface area (Å²) >= 11 is 1.84. The Hall–Kier alpha value is -0.220. The predicted molar refractivity (Wildman–Crippen MR) is 80.0 cm³/mol. The molecule has 1 aliphatic rings. The van der Waals surface area contributed by atoms with Crippen molar-refractivity contribution in [2.45, 2.75) is 51.3 Å². The van der Waals surface area contributed by atoms with Gasteiger partial charge in [-0.3, -0.25) is 4.79 Å². The summed E-state index contributed by atoms with van der Waals surface area (Å²) in [6, 6.07) is 0.353. The van der Waals surface area contributed by atoms with Crippen LogP contribution in [0.4, 0.5) is 0 Å². The van der Waals surface area contributed by atoms with E-state index in [1.54, 1.807) is 0 Å². The number of piperidine rings is 1. The summed E-state index contributed by atoms with van der Waals surface area (Å²) < 4.78 is 0. The Bertz CT molecular complexity index is 252. The molecule has 3 nitrogen and oxygen atoms in total. The largest absolute Gasteiger partial charge is 0.342 e. The van der Waals surface area contributed by atoms with Crippen molar-refractivity contribution < 1.29 is 4.79 Å². The van der Waals surface area contributed by atoms with Crippen molar-refractivity contribution in [2.24, 2.45) is 5.92 Å². The first kappa shape index (κ1) is 15.8. The highest BCUT2D eigenvalue weighted by Gasteiger charge is 2.19. The Labute approximate surface area is 116 Å². The van der Waals surface area contributed by atoms with E-state index in [-0.39, 0.29) is 5.91 Å². The molecule has 1 unspecified atom stereocenters. The minimum Gasteiger partial charge on any atom is -0.342 e. The van der Waals surface area contributed by atoms with Gasteiger partial charge >= 0.3 is 0 Å². The van der Waals surface area contributed by atoms with Crippen LogP contribution in [-0.2, 0) is 4.79 Å². The number of amides is 1. The maximum Gasteiger partial charge on any atom is 0.232 e. The molecule has 1 saturated heterocycles. The molecule has 18 heavy (non-hydrogen) atoms. The number of nitrogens with zero attached hydrogens (tertiary/aromatic N) is 1. The second kappa shape index (κ2) is 8.05. The third-order valence-electron chi connectivity index (χ3n) is 3.60. The molecule has 0 aromatic heterocycles. The number of carbonyl (C=O) groups excluding carboxylic acids is 1. The van der Waals surface area contributed by atoms with Crippen LogP contribution in [0.1, 0.15) is 40.0 Å². The van der Waals surface area contributed by atoms with E-state index >= 15 is 0 Å². The quantitative estimate of drug-likeness (QED) is 0.805. The van der Waals surface area contributed by atoms with E-state index in [2.05, 4.69) is 26.1 Å². The molecule has 106 valence electrons. The van der Waals surface area contributed by atoms with Crippen LogP contribution in [-0.4, -0.2) is 48.0 Å². The standard InChI is InChI=1S/C14H28N2OS/c1-11(2)9-12(3)16(4)14(17)10-18-13-5-7-15-8-6-13/h11-13,15H,5-10H2,1-4H3. The highest BCUT2D eigenvalue weighted by Crippen LogP contribution is 2.21. The molecule has 0 aromatic rings. The zero-order valence-corrected chi connectivity index (χ0v) is 13.1. The van der Waals surface area contributed by atoms with Crippen molar-refractivity contribution in [1.82, 2.24) is 10.2 Å². The van der Waals surface area contributed by atoms with Gasteiger partial charge in [-0.15, -0.1) is 11.8 Å².